The van der Waals surface area contributed by atoms with Crippen LogP contribution in [0.1, 0.15) is 21.5 Å². The Morgan fingerprint density at radius 3 is 2.24 bits per heavy atom. The first-order valence-electron chi connectivity index (χ1n) is 11.3. The van der Waals surface area contributed by atoms with Crippen LogP contribution in [0.15, 0.2) is 54.1 Å². The predicted molar refractivity (Wildman–Crippen MR) is 136 cm³/mol. The van der Waals surface area contributed by atoms with Crippen LogP contribution in [0.5, 0.6) is 28.7 Å². The first-order valence-corrected chi connectivity index (χ1v) is 12.1. The van der Waals surface area contributed by atoms with Crippen LogP contribution in [-0.4, -0.2) is 48.6 Å². The van der Waals surface area contributed by atoms with Gasteiger partial charge in [0.05, 0.1) is 39.0 Å². The van der Waals surface area contributed by atoms with Gasteiger partial charge in [0, 0.05) is 23.1 Å². The summed E-state index contributed by atoms with van der Waals surface area (Å²) in [5, 5.41) is 12.6. The van der Waals surface area contributed by atoms with Crippen molar-refractivity contribution in [1.82, 2.24) is 8.75 Å². The second-order valence-corrected chi connectivity index (χ2v) is 8.74. The summed E-state index contributed by atoms with van der Waals surface area (Å²) in [4.78, 5) is 26.6. The minimum Gasteiger partial charge on any atom is -0.545 e. The highest BCUT2D eigenvalue weighted by molar-refractivity contribution is 7.00. The summed E-state index contributed by atoms with van der Waals surface area (Å²) in [6, 6.07) is 12.8. The summed E-state index contributed by atoms with van der Waals surface area (Å²) in [6.07, 6.45) is -0.0827. The van der Waals surface area contributed by atoms with Crippen LogP contribution in [0, 0.1) is 0 Å². The molecule has 5 rings (SSSR count). The fourth-order valence-electron chi connectivity index (χ4n) is 4.29. The quantitative estimate of drug-likeness (QED) is 0.234. The molecule has 38 heavy (non-hydrogen) atoms. The summed E-state index contributed by atoms with van der Waals surface area (Å²) < 4.78 is 35.4. The molecule has 10 nitrogen and oxygen atoms in total. The van der Waals surface area contributed by atoms with Crippen molar-refractivity contribution >= 4 is 40.1 Å². The Bertz CT molecular complexity index is 1570. The Morgan fingerprint density at radius 2 is 1.55 bits per heavy atom. The lowest BCUT2D eigenvalue weighted by Crippen LogP contribution is -2.27. The maximum absolute atomic E-state index is 14.0. The van der Waals surface area contributed by atoms with E-state index >= 15 is 0 Å². The van der Waals surface area contributed by atoms with Crippen molar-refractivity contribution in [2.45, 2.75) is 6.42 Å². The van der Waals surface area contributed by atoms with Gasteiger partial charge < -0.3 is 33.6 Å². The number of carbonyl (C=O) groups excluding carboxylic acids is 2. The molecule has 2 heterocycles. The van der Waals surface area contributed by atoms with E-state index in [9.17, 15) is 14.7 Å². The monoisotopic (exact) mass is 533 g/mol. The molecule has 1 aliphatic heterocycles. The third kappa shape index (κ3) is 4.59. The standard InChI is InChI=1S/C27H22N2O8S/c1-33-22-9-14(10-23(34-2)26(22)35-3)8-17(25(30)16-5-7-20-21(12-16)37-13-36-20)24(27(31)32)15-4-6-18-19(11-15)29-38-28-18/h4-7,9-12H,8,13H2,1-3H3,(H,31,32)/p-1/b24-17-. The van der Waals surface area contributed by atoms with E-state index in [1.165, 1.54) is 27.4 Å². The number of hydrogen-bond acceptors (Lipinski definition) is 11. The van der Waals surface area contributed by atoms with Crippen molar-refractivity contribution in [1.29, 1.82) is 0 Å². The van der Waals surface area contributed by atoms with Crippen molar-refractivity contribution in [3.8, 4) is 28.7 Å². The number of methoxy groups -OCH3 is 3. The van der Waals surface area contributed by atoms with E-state index < -0.39 is 11.8 Å². The average Bonchev–Trinajstić information content (AvgIpc) is 3.60. The van der Waals surface area contributed by atoms with E-state index in [1.807, 2.05) is 0 Å². The number of aliphatic carboxylic acids is 1. The van der Waals surface area contributed by atoms with Crippen LogP contribution in [0.3, 0.4) is 0 Å². The molecule has 0 bridgehead atoms. The summed E-state index contributed by atoms with van der Waals surface area (Å²) in [5.41, 5.74) is 1.89. The van der Waals surface area contributed by atoms with Gasteiger partial charge in [-0.15, -0.1) is 0 Å². The fraction of sp³-hybridized carbons (Fsp3) is 0.185. The molecule has 194 valence electrons. The number of nitrogens with zero attached hydrogens (tertiary/aromatic N) is 2. The molecule has 3 aromatic carbocycles. The number of aromatic nitrogens is 2. The van der Waals surface area contributed by atoms with Gasteiger partial charge in [-0.25, -0.2) is 0 Å². The second kappa shape index (κ2) is 10.4. The first-order chi connectivity index (χ1) is 18.4. The smallest absolute Gasteiger partial charge is 0.231 e. The Balaban J connectivity index is 1.70. The van der Waals surface area contributed by atoms with Crippen molar-refractivity contribution in [2.75, 3.05) is 28.1 Å². The third-order valence-corrected chi connectivity index (χ3v) is 6.62. The van der Waals surface area contributed by atoms with E-state index in [-0.39, 0.29) is 35.5 Å². The number of allylic oxidation sites excluding steroid dienone is 1. The zero-order valence-corrected chi connectivity index (χ0v) is 21.4. The molecule has 0 saturated heterocycles. The van der Waals surface area contributed by atoms with Crippen LogP contribution in [0.25, 0.3) is 16.6 Å². The number of carboxylic acid groups (broad SMARTS) is 1. The molecular weight excluding hydrogens is 512 g/mol. The molecule has 0 amide bonds. The molecule has 0 unspecified atom stereocenters. The van der Waals surface area contributed by atoms with Gasteiger partial charge in [-0.1, -0.05) is 6.07 Å². The molecule has 4 aromatic rings. The number of ketones is 1. The lowest BCUT2D eigenvalue weighted by molar-refractivity contribution is -0.295. The van der Waals surface area contributed by atoms with E-state index in [0.29, 0.717) is 45.3 Å². The van der Waals surface area contributed by atoms with Crippen LogP contribution in [-0.2, 0) is 11.2 Å². The van der Waals surface area contributed by atoms with Gasteiger partial charge in [0.15, 0.2) is 28.8 Å². The minimum absolute atomic E-state index is 0.0133. The summed E-state index contributed by atoms with van der Waals surface area (Å²) >= 11 is 1.01. The lowest BCUT2D eigenvalue weighted by Gasteiger charge is -2.19. The van der Waals surface area contributed by atoms with E-state index in [4.69, 9.17) is 23.7 Å². The molecule has 0 aliphatic carbocycles. The van der Waals surface area contributed by atoms with Gasteiger partial charge in [0.25, 0.3) is 0 Å². The molecule has 11 heteroatoms. The SMILES string of the molecule is COc1cc(C/C(C(=O)c2ccc3c(c2)OCO3)=C(/C(=O)[O-])c2ccc3nsnc3c2)cc(OC)c1OC. The maximum Gasteiger partial charge on any atom is 0.231 e. The van der Waals surface area contributed by atoms with Crippen molar-refractivity contribution in [2.24, 2.45) is 0 Å². The number of ether oxygens (including phenoxy) is 5. The van der Waals surface area contributed by atoms with Gasteiger partial charge in [-0.3, -0.25) is 4.79 Å². The normalized spacial score (nSPS) is 12.7. The highest BCUT2D eigenvalue weighted by Crippen LogP contribution is 2.40. The number of benzene rings is 3. The molecule has 0 saturated carbocycles. The number of hydrogen-bond donors (Lipinski definition) is 0. The van der Waals surface area contributed by atoms with Gasteiger partial charge in [-0.2, -0.15) is 8.75 Å². The Kier molecular flexibility index (Phi) is 6.84. The van der Waals surface area contributed by atoms with Crippen molar-refractivity contribution < 1.29 is 38.4 Å². The van der Waals surface area contributed by atoms with Crippen LogP contribution in [0.4, 0.5) is 0 Å². The van der Waals surface area contributed by atoms with Gasteiger partial charge in [-0.05, 0) is 53.6 Å². The molecule has 1 aliphatic rings. The second-order valence-electron chi connectivity index (χ2n) is 8.22. The summed E-state index contributed by atoms with van der Waals surface area (Å²) in [6.45, 7) is 0.0348. The summed E-state index contributed by atoms with van der Waals surface area (Å²) in [5.74, 6) is -0.0422. The maximum atomic E-state index is 14.0. The fourth-order valence-corrected chi connectivity index (χ4v) is 4.81. The molecule has 0 atom stereocenters. The highest BCUT2D eigenvalue weighted by Gasteiger charge is 2.24. The van der Waals surface area contributed by atoms with Crippen LogP contribution < -0.4 is 28.8 Å². The number of carbonyl (C=O) groups is 2. The topological polar surface area (TPSA) is 129 Å². The average molecular weight is 534 g/mol. The van der Waals surface area contributed by atoms with E-state index in [0.717, 1.165) is 11.7 Å². The molecular formula is C27H21N2O8S-. The largest absolute Gasteiger partial charge is 0.545 e. The summed E-state index contributed by atoms with van der Waals surface area (Å²) in [7, 11) is 4.42. The molecule has 0 N–H and O–H groups in total. The Hall–Kier alpha value is -4.64. The number of rotatable bonds is 9. The Labute approximate surface area is 221 Å². The number of Topliss-reactive ketones (excluding diaryl/α,β-unsaturated/α-hetero) is 1. The molecule has 0 radical (unpaired) electrons. The highest BCUT2D eigenvalue weighted by atomic mass is 32.1. The van der Waals surface area contributed by atoms with Gasteiger partial charge >= 0.3 is 0 Å². The number of carboxylic acids is 1. The zero-order valence-electron chi connectivity index (χ0n) is 20.6. The van der Waals surface area contributed by atoms with Crippen LogP contribution in [0.2, 0.25) is 0 Å². The third-order valence-electron chi connectivity index (χ3n) is 6.06. The zero-order chi connectivity index (χ0) is 26.8. The van der Waals surface area contributed by atoms with Gasteiger partial charge in [0.1, 0.15) is 11.0 Å². The molecule has 0 spiro atoms. The lowest BCUT2D eigenvalue weighted by atomic mass is 9.89. The van der Waals surface area contributed by atoms with Crippen molar-refractivity contribution in [3.63, 3.8) is 0 Å². The Morgan fingerprint density at radius 1 is 0.868 bits per heavy atom. The predicted octanol–water partition coefficient (Wildman–Crippen LogP) is 3.07. The number of fused-ring (bicyclic) bond motifs is 2. The van der Waals surface area contributed by atoms with E-state index in [1.54, 1.807) is 42.5 Å². The van der Waals surface area contributed by atoms with Gasteiger partial charge in [0.2, 0.25) is 12.5 Å². The van der Waals surface area contributed by atoms with Crippen molar-refractivity contribution in [3.05, 3.63) is 70.8 Å². The van der Waals surface area contributed by atoms with Crippen LogP contribution >= 0.6 is 11.7 Å². The molecule has 1 aromatic heterocycles. The minimum atomic E-state index is -1.51. The molecule has 0 fully saturated rings. The van der Waals surface area contributed by atoms with E-state index in [2.05, 4.69) is 8.75 Å². The first kappa shape index (κ1) is 25.0.